The van der Waals surface area contributed by atoms with E-state index in [0.29, 0.717) is 0 Å². The highest BCUT2D eigenvalue weighted by molar-refractivity contribution is 6.14. The highest BCUT2D eigenvalue weighted by atomic mass is 14.9. The number of hydrogen-bond donors (Lipinski definition) is 5. The molecular formula is C131H103N5. The third kappa shape index (κ3) is 20.5. The second kappa shape index (κ2) is 40.1. The van der Waals surface area contributed by atoms with Gasteiger partial charge in [-0.1, -0.05) is 404 Å². The van der Waals surface area contributed by atoms with Crippen molar-refractivity contribution in [3.05, 3.63) is 531 Å². The monoisotopic (exact) mass is 1750 g/mol. The quantitative estimate of drug-likeness (QED) is 0.0523. The Bertz CT molecular complexity index is 8120. The number of anilines is 10. The van der Waals surface area contributed by atoms with E-state index in [-0.39, 0.29) is 0 Å². The van der Waals surface area contributed by atoms with Crippen LogP contribution in [0.5, 0.6) is 0 Å². The van der Waals surface area contributed by atoms with Crippen molar-refractivity contribution in [3.63, 3.8) is 0 Å². The van der Waals surface area contributed by atoms with Crippen LogP contribution in [0, 0.1) is 34.6 Å². The smallest absolute Gasteiger partial charge is 0.0543 e. The van der Waals surface area contributed by atoms with Crippen molar-refractivity contribution < 1.29 is 0 Å². The highest BCUT2D eigenvalue weighted by Gasteiger charge is 2.14. The van der Waals surface area contributed by atoms with E-state index < -0.39 is 0 Å². The Morgan fingerprint density at radius 3 is 0.757 bits per heavy atom. The average Bonchev–Trinajstić information content (AvgIpc) is 0.794. The van der Waals surface area contributed by atoms with Gasteiger partial charge in [-0.15, -0.1) is 0 Å². The third-order valence-corrected chi connectivity index (χ3v) is 25.5. The summed E-state index contributed by atoms with van der Waals surface area (Å²) in [6.45, 7) is 10.6. The Morgan fingerprint density at radius 2 is 0.353 bits per heavy atom. The zero-order valence-corrected chi connectivity index (χ0v) is 76.9. The van der Waals surface area contributed by atoms with Gasteiger partial charge in [-0.3, -0.25) is 0 Å². The second-order valence-corrected chi connectivity index (χ2v) is 35.3. The fourth-order valence-electron chi connectivity index (χ4n) is 17.9. The summed E-state index contributed by atoms with van der Waals surface area (Å²) in [6.07, 6.45) is 0. The number of nitrogens with one attached hydrogen (secondary N) is 5. The zero-order chi connectivity index (χ0) is 92.1. The summed E-state index contributed by atoms with van der Waals surface area (Å²) in [6, 6.07) is 179. The summed E-state index contributed by atoms with van der Waals surface area (Å²) < 4.78 is 0. The van der Waals surface area contributed by atoms with Crippen LogP contribution in [0.3, 0.4) is 0 Å². The largest absolute Gasteiger partial charge is 0.356 e. The minimum absolute atomic E-state index is 1.09. The van der Waals surface area contributed by atoms with E-state index in [9.17, 15) is 0 Å². The minimum atomic E-state index is 1.09. The van der Waals surface area contributed by atoms with Gasteiger partial charge in [0.15, 0.2) is 0 Å². The predicted octanol–water partition coefficient (Wildman–Crippen LogP) is 37.4. The van der Waals surface area contributed by atoms with Gasteiger partial charge in [0.25, 0.3) is 0 Å². The normalized spacial score (nSPS) is 11.0. The lowest BCUT2D eigenvalue weighted by molar-refractivity contribution is 1.47. The van der Waals surface area contributed by atoms with Crippen LogP contribution >= 0.6 is 0 Å². The molecule has 5 nitrogen and oxygen atoms in total. The maximum absolute atomic E-state index is 3.68. The molecular weight excluding hydrogens is 1640 g/mol. The molecule has 24 aromatic rings. The van der Waals surface area contributed by atoms with Crippen molar-refractivity contribution in [2.45, 2.75) is 34.6 Å². The van der Waals surface area contributed by atoms with Crippen molar-refractivity contribution >= 4 is 154 Å². The second-order valence-electron chi connectivity index (χ2n) is 35.3. The summed E-state index contributed by atoms with van der Waals surface area (Å²) in [7, 11) is 0. The van der Waals surface area contributed by atoms with Crippen molar-refractivity contribution in [2.75, 3.05) is 26.6 Å². The van der Waals surface area contributed by atoms with Crippen molar-refractivity contribution in [1.82, 2.24) is 0 Å². The van der Waals surface area contributed by atoms with Crippen LogP contribution in [-0.4, -0.2) is 0 Å². The third-order valence-electron chi connectivity index (χ3n) is 25.5. The van der Waals surface area contributed by atoms with Crippen LogP contribution in [0.15, 0.2) is 504 Å². The molecule has 0 radical (unpaired) electrons. The molecule has 0 saturated carbocycles. The predicted molar refractivity (Wildman–Crippen MR) is 589 cm³/mol. The van der Waals surface area contributed by atoms with Crippen molar-refractivity contribution in [1.29, 1.82) is 0 Å². The Kier molecular flexibility index (Phi) is 25.6. The molecule has 5 N–H and O–H groups in total. The first-order valence-corrected chi connectivity index (χ1v) is 46.7. The van der Waals surface area contributed by atoms with E-state index in [4.69, 9.17) is 0 Å². The molecule has 0 bridgehead atoms. The highest BCUT2D eigenvalue weighted by Crippen LogP contribution is 2.40. The van der Waals surface area contributed by atoms with Crippen LogP contribution in [0.1, 0.15) is 27.8 Å². The van der Waals surface area contributed by atoms with Gasteiger partial charge >= 0.3 is 0 Å². The molecule has 0 atom stereocenters. The Labute approximate surface area is 796 Å². The molecule has 0 aliphatic rings. The first-order valence-electron chi connectivity index (χ1n) is 46.7. The van der Waals surface area contributed by atoms with Gasteiger partial charge in [0, 0.05) is 72.7 Å². The summed E-state index contributed by atoms with van der Waals surface area (Å²) in [5.41, 5.74) is 29.9. The molecule has 0 fully saturated rings. The van der Waals surface area contributed by atoms with Gasteiger partial charge < -0.3 is 26.6 Å². The zero-order valence-electron chi connectivity index (χ0n) is 76.9. The van der Waals surface area contributed by atoms with Crippen LogP contribution in [0.2, 0.25) is 0 Å². The number of hydrogen-bond acceptors (Lipinski definition) is 5. The number of aryl methyl sites for hydroxylation is 5. The standard InChI is InChI=1S/4C27H21N.C23H19N/c1-19-10-12-20(13-11-19)21-14-16-24(17-15-21)28-27-25-8-4-2-6-22(25)18-23-7-3-5-9-26(23)27;1-19-9-11-20(12-10-19)21-13-16-23(17-14-21)28-27-8-4-7-25-24-6-3-2-5-22(24)15-18-26(25)27;1-19-9-11-20(12-10-19)21-13-15-25(16-14-21)28-27-8-4-7-24-17-22-5-2-3-6-23(22)18-26(24)27;1-19-6-8-20(9-7-19)21-10-13-26(14-11-21)28-27-15-12-24-16-22-4-2-3-5-23(22)17-25(24)18-27;1-17-6-8-19(9-7-17)20-10-13-22(14-11-20)24-23-15-12-18-4-2-3-5-21(18)16-23/h4*2-18,28H,1H3;2-16,24H,1H3. The van der Waals surface area contributed by atoms with Crippen LogP contribution in [0.4, 0.5) is 56.9 Å². The van der Waals surface area contributed by atoms with E-state index in [2.05, 4.69) is 565 Å². The summed E-state index contributed by atoms with van der Waals surface area (Å²) >= 11 is 0. The Hall–Kier alpha value is -17.4. The van der Waals surface area contributed by atoms with E-state index in [1.807, 2.05) is 0 Å². The molecule has 24 aromatic carbocycles. The molecule has 0 saturated heterocycles. The topological polar surface area (TPSA) is 60.1 Å². The molecule has 652 valence electrons. The van der Waals surface area contributed by atoms with Gasteiger partial charge in [-0.2, -0.15) is 0 Å². The maximum Gasteiger partial charge on any atom is 0.0543 e. The Morgan fingerprint density at radius 1 is 0.118 bits per heavy atom. The van der Waals surface area contributed by atoms with Gasteiger partial charge in [-0.25, -0.2) is 0 Å². The van der Waals surface area contributed by atoms with Gasteiger partial charge in [0.2, 0.25) is 0 Å². The fourth-order valence-corrected chi connectivity index (χ4v) is 17.9. The molecule has 0 aliphatic heterocycles. The molecule has 136 heavy (non-hydrogen) atoms. The van der Waals surface area contributed by atoms with Gasteiger partial charge in [0.05, 0.1) is 5.69 Å². The summed E-state index contributed by atoms with van der Waals surface area (Å²) in [5.74, 6) is 0. The van der Waals surface area contributed by atoms with Crippen LogP contribution in [-0.2, 0) is 0 Å². The van der Waals surface area contributed by atoms with E-state index in [0.717, 1.165) is 56.9 Å². The van der Waals surface area contributed by atoms with E-state index in [1.165, 1.54) is 180 Å². The molecule has 0 unspecified atom stereocenters. The lowest BCUT2D eigenvalue weighted by Gasteiger charge is -2.14. The molecule has 24 rings (SSSR count). The molecule has 5 heteroatoms. The molecule has 0 aliphatic carbocycles. The fraction of sp³-hybridized carbons (Fsp3) is 0.0382. The SMILES string of the molecule is Cc1ccc(-c2ccc(Nc3c4ccccc4cc4ccccc34)cc2)cc1.Cc1ccc(-c2ccc(Nc3ccc4cc5ccccc5cc4c3)cc2)cc1.Cc1ccc(-c2ccc(Nc3ccc4ccccc4c3)cc2)cc1.Cc1ccc(-c2ccc(Nc3cccc4c3ccc3ccccc34)cc2)cc1.Cc1ccc(-c2ccc(Nc3cccc4cc5ccccc5cc34)cc2)cc1. The Balaban J connectivity index is 0.000000105. The van der Waals surface area contributed by atoms with Crippen LogP contribution in [0.25, 0.3) is 153 Å². The number of fused-ring (bicyclic) bond motifs is 10. The van der Waals surface area contributed by atoms with Gasteiger partial charge in [0.1, 0.15) is 0 Å². The van der Waals surface area contributed by atoms with Crippen molar-refractivity contribution in [3.8, 4) is 55.6 Å². The van der Waals surface area contributed by atoms with E-state index >= 15 is 0 Å². The van der Waals surface area contributed by atoms with Crippen molar-refractivity contribution in [2.24, 2.45) is 0 Å². The maximum atomic E-state index is 3.68. The minimum Gasteiger partial charge on any atom is -0.356 e. The lowest BCUT2D eigenvalue weighted by atomic mass is 10.0. The summed E-state index contributed by atoms with van der Waals surface area (Å²) in [4.78, 5) is 0. The molecule has 0 aromatic heterocycles. The van der Waals surface area contributed by atoms with Crippen LogP contribution < -0.4 is 26.6 Å². The first kappa shape index (κ1) is 86.6. The molecule has 0 amide bonds. The van der Waals surface area contributed by atoms with E-state index in [1.54, 1.807) is 0 Å². The summed E-state index contributed by atoms with van der Waals surface area (Å²) in [5, 5.41) is 40.6. The number of benzene rings is 24. The lowest BCUT2D eigenvalue weighted by Crippen LogP contribution is -1.93. The first-order chi connectivity index (χ1) is 66.8. The molecule has 0 spiro atoms. The molecule has 0 heterocycles. The van der Waals surface area contributed by atoms with Gasteiger partial charge in [-0.05, 0) is 293 Å². The average molecular weight is 1750 g/mol. The number of rotatable bonds is 15.